The maximum atomic E-state index is 14.1. The van der Waals surface area contributed by atoms with Gasteiger partial charge in [0.25, 0.3) is 5.91 Å². The van der Waals surface area contributed by atoms with E-state index in [9.17, 15) is 18.4 Å². The van der Waals surface area contributed by atoms with Gasteiger partial charge in [0.05, 0.1) is 5.69 Å². The number of halogens is 2. The number of imide groups is 1. The Morgan fingerprint density at radius 1 is 1.13 bits per heavy atom. The van der Waals surface area contributed by atoms with Crippen LogP contribution >= 0.6 is 22.7 Å². The van der Waals surface area contributed by atoms with Gasteiger partial charge in [0.1, 0.15) is 22.2 Å². The number of anilines is 1. The minimum absolute atomic E-state index is 0.256. The van der Waals surface area contributed by atoms with Crippen LogP contribution in [0.1, 0.15) is 23.0 Å². The first-order valence-electron chi connectivity index (χ1n) is 8.72. The molecule has 0 fully saturated rings. The van der Waals surface area contributed by atoms with Crippen molar-refractivity contribution in [3.8, 4) is 15.6 Å². The van der Waals surface area contributed by atoms with Crippen molar-refractivity contribution < 1.29 is 18.4 Å². The van der Waals surface area contributed by atoms with Crippen LogP contribution in [0.4, 0.5) is 13.8 Å². The first-order valence-corrected chi connectivity index (χ1v) is 10.4. The molecule has 0 radical (unpaired) electrons. The fourth-order valence-corrected chi connectivity index (χ4v) is 4.61. The molecule has 0 aliphatic carbocycles. The lowest BCUT2D eigenvalue weighted by atomic mass is 10.1. The maximum Gasteiger partial charge on any atom is 0.271 e. The number of hydrogen-bond donors (Lipinski definition) is 0. The lowest BCUT2D eigenvalue weighted by Gasteiger charge is -2.17. The summed E-state index contributed by atoms with van der Waals surface area (Å²) in [6.07, 6.45) is 3.48. The van der Waals surface area contributed by atoms with Crippen LogP contribution in [0, 0.1) is 18.6 Å². The summed E-state index contributed by atoms with van der Waals surface area (Å²) in [5.41, 5.74) is 0.768. The van der Waals surface area contributed by atoms with E-state index in [4.69, 9.17) is 0 Å². The molecule has 0 N–H and O–H groups in total. The van der Waals surface area contributed by atoms with Crippen LogP contribution in [-0.4, -0.2) is 26.6 Å². The number of nitrogens with zero attached hydrogens (tertiary/aromatic N) is 4. The van der Waals surface area contributed by atoms with E-state index in [1.165, 1.54) is 18.3 Å². The Morgan fingerprint density at radius 3 is 2.50 bits per heavy atom. The molecule has 2 amide bonds. The van der Waals surface area contributed by atoms with E-state index in [2.05, 4.69) is 10.1 Å². The van der Waals surface area contributed by atoms with Gasteiger partial charge in [-0.05, 0) is 31.2 Å². The molecule has 0 unspecified atom stereocenters. The average molecular weight is 444 g/mol. The minimum atomic E-state index is -1.05. The second-order valence-electron chi connectivity index (χ2n) is 6.28. The molecule has 0 bridgehead atoms. The van der Waals surface area contributed by atoms with Crippen LogP contribution in [0.3, 0.4) is 0 Å². The third-order valence-corrected chi connectivity index (χ3v) is 6.15. The molecule has 0 saturated carbocycles. The predicted octanol–water partition coefficient (Wildman–Crippen LogP) is 4.84. The highest BCUT2D eigenvalue weighted by molar-refractivity contribution is 7.19. The van der Waals surface area contributed by atoms with Gasteiger partial charge in [0, 0.05) is 35.1 Å². The van der Waals surface area contributed by atoms with Gasteiger partial charge in [-0.3, -0.25) is 9.59 Å². The van der Waals surface area contributed by atoms with Crippen LogP contribution in [0.5, 0.6) is 0 Å². The average Bonchev–Trinajstić information content (AvgIpc) is 3.42. The Morgan fingerprint density at radius 2 is 1.87 bits per heavy atom. The van der Waals surface area contributed by atoms with Gasteiger partial charge in [-0.1, -0.05) is 6.07 Å². The number of thiophene rings is 1. The minimum Gasteiger partial charge on any atom is -0.274 e. The molecule has 4 rings (SSSR count). The lowest BCUT2D eigenvalue weighted by molar-refractivity contribution is -0.115. The second kappa shape index (κ2) is 7.88. The van der Waals surface area contributed by atoms with Crippen LogP contribution < -0.4 is 4.90 Å². The first kappa shape index (κ1) is 20.0. The molecule has 0 aliphatic heterocycles. The molecule has 0 spiro atoms. The Labute approximate surface area is 178 Å². The van der Waals surface area contributed by atoms with Crippen LogP contribution in [0.25, 0.3) is 15.6 Å². The number of rotatable bonds is 4. The summed E-state index contributed by atoms with van der Waals surface area (Å²) >= 11 is 2.59. The van der Waals surface area contributed by atoms with Crippen LogP contribution in [-0.2, 0) is 4.79 Å². The number of thiazole rings is 1. The summed E-state index contributed by atoms with van der Waals surface area (Å²) in [7, 11) is 0. The lowest BCUT2D eigenvalue weighted by Crippen LogP contribution is -2.35. The van der Waals surface area contributed by atoms with Crippen molar-refractivity contribution in [2.75, 3.05) is 4.90 Å². The summed E-state index contributed by atoms with van der Waals surface area (Å²) in [5, 5.41) is 7.25. The highest BCUT2D eigenvalue weighted by atomic mass is 32.1. The summed E-state index contributed by atoms with van der Waals surface area (Å²) in [4.78, 5) is 30.7. The molecule has 0 atom stereocenters. The Balaban J connectivity index is 1.71. The quantitative estimate of drug-likeness (QED) is 0.452. The number of amides is 2. The predicted molar refractivity (Wildman–Crippen MR) is 111 cm³/mol. The smallest absolute Gasteiger partial charge is 0.271 e. The molecule has 0 aliphatic rings. The van der Waals surface area contributed by atoms with Crippen LogP contribution in [0.2, 0.25) is 0 Å². The number of carbonyl (C=O) groups is 2. The van der Waals surface area contributed by atoms with Crippen molar-refractivity contribution in [3.05, 3.63) is 71.0 Å². The topological polar surface area (TPSA) is 68.1 Å². The van der Waals surface area contributed by atoms with Crippen LogP contribution in [0.15, 0.2) is 48.1 Å². The zero-order valence-electron chi connectivity index (χ0n) is 15.8. The van der Waals surface area contributed by atoms with E-state index < -0.39 is 29.0 Å². The molecule has 10 heteroatoms. The van der Waals surface area contributed by atoms with Gasteiger partial charge < -0.3 is 0 Å². The number of carbonyl (C=O) groups excluding carboxylic acids is 2. The molecule has 1 aromatic carbocycles. The van der Waals surface area contributed by atoms with Gasteiger partial charge in [0.15, 0.2) is 0 Å². The molecule has 4 aromatic rings. The van der Waals surface area contributed by atoms with Crippen molar-refractivity contribution in [2.45, 2.75) is 13.8 Å². The van der Waals surface area contributed by atoms with Crippen molar-refractivity contribution in [1.82, 2.24) is 14.8 Å². The van der Waals surface area contributed by atoms with Crippen molar-refractivity contribution in [2.24, 2.45) is 0 Å². The number of hydrogen-bond acceptors (Lipinski definition) is 6. The molecule has 3 heterocycles. The zero-order valence-corrected chi connectivity index (χ0v) is 17.4. The van der Waals surface area contributed by atoms with Crippen molar-refractivity contribution in [3.63, 3.8) is 0 Å². The Bertz CT molecular complexity index is 1230. The van der Waals surface area contributed by atoms with Gasteiger partial charge in [-0.2, -0.15) is 5.10 Å². The van der Waals surface area contributed by atoms with Crippen molar-refractivity contribution >= 4 is 39.5 Å². The highest BCUT2D eigenvalue weighted by Gasteiger charge is 2.28. The Kier molecular flexibility index (Phi) is 5.27. The molecule has 152 valence electrons. The fraction of sp³-hybridized carbons (Fsp3) is 0.100. The first-order chi connectivity index (χ1) is 14.4. The number of benzene rings is 1. The molecular weight excluding hydrogens is 430 g/mol. The van der Waals surface area contributed by atoms with Gasteiger partial charge in [-0.25, -0.2) is 23.3 Å². The van der Waals surface area contributed by atoms with E-state index in [0.29, 0.717) is 5.13 Å². The Hall–Kier alpha value is -3.24. The third-order valence-electron chi connectivity index (χ3n) is 4.29. The van der Waals surface area contributed by atoms with Gasteiger partial charge in [-0.15, -0.1) is 22.7 Å². The molecular formula is C20H14F2N4O2S2. The fourth-order valence-electron chi connectivity index (χ4n) is 2.93. The molecule has 6 nitrogen and oxygen atoms in total. The summed E-state index contributed by atoms with van der Waals surface area (Å²) in [5.74, 6) is -3.75. The van der Waals surface area contributed by atoms with E-state index in [1.807, 2.05) is 12.3 Å². The van der Waals surface area contributed by atoms with E-state index in [1.54, 1.807) is 29.2 Å². The number of aryl methyl sites for hydroxylation is 1. The SMILES string of the molecule is CC(=O)N(C(=O)c1c(F)cccc1F)c1ccc(-c2cn(-c3nccs3)nc2C)s1. The van der Waals surface area contributed by atoms with E-state index in [0.717, 1.165) is 50.6 Å². The molecule has 30 heavy (non-hydrogen) atoms. The monoisotopic (exact) mass is 444 g/mol. The van der Waals surface area contributed by atoms with Gasteiger partial charge >= 0.3 is 0 Å². The number of aromatic nitrogens is 3. The standard InChI is InChI=1S/C20H14F2N4O2S2/c1-11-13(10-25(24-11)20-23-8-9-29-20)16-6-7-17(30-16)26(12(2)27)19(28)18-14(21)4-3-5-15(18)22/h3-10H,1-2H3. The summed E-state index contributed by atoms with van der Waals surface area (Å²) < 4.78 is 29.8. The molecule has 0 saturated heterocycles. The summed E-state index contributed by atoms with van der Waals surface area (Å²) in [6, 6.07) is 6.41. The third kappa shape index (κ3) is 3.55. The molecule has 3 aromatic heterocycles. The highest BCUT2D eigenvalue weighted by Crippen LogP contribution is 2.36. The van der Waals surface area contributed by atoms with E-state index >= 15 is 0 Å². The zero-order chi connectivity index (χ0) is 21.4. The van der Waals surface area contributed by atoms with Crippen molar-refractivity contribution in [1.29, 1.82) is 0 Å². The largest absolute Gasteiger partial charge is 0.274 e. The van der Waals surface area contributed by atoms with E-state index in [-0.39, 0.29) is 5.00 Å². The second-order valence-corrected chi connectivity index (χ2v) is 8.22. The maximum absolute atomic E-state index is 14.1. The summed E-state index contributed by atoms with van der Waals surface area (Å²) in [6.45, 7) is 3.00. The van der Waals surface area contributed by atoms with Gasteiger partial charge in [0.2, 0.25) is 11.0 Å². The normalized spacial score (nSPS) is 10.9.